The van der Waals surface area contributed by atoms with Gasteiger partial charge in [0.15, 0.2) is 0 Å². The van der Waals surface area contributed by atoms with E-state index in [0.29, 0.717) is 10.8 Å². The van der Waals surface area contributed by atoms with Gasteiger partial charge >= 0.3 is 0 Å². The molecule has 0 aliphatic heterocycles. The van der Waals surface area contributed by atoms with Gasteiger partial charge in [-0.25, -0.2) is 0 Å². The predicted molar refractivity (Wildman–Crippen MR) is 84.3 cm³/mol. The van der Waals surface area contributed by atoms with E-state index in [-0.39, 0.29) is 0 Å². The lowest BCUT2D eigenvalue weighted by Gasteiger charge is -2.42. The van der Waals surface area contributed by atoms with Crippen LogP contribution in [0, 0.1) is 22.7 Å². The van der Waals surface area contributed by atoms with Crippen molar-refractivity contribution in [2.45, 2.75) is 92.2 Å². The molecule has 112 valence electrons. The quantitative estimate of drug-likeness (QED) is 0.740. The zero-order valence-corrected chi connectivity index (χ0v) is 14.1. The Morgan fingerprint density at radius 3 is 2.11 bits per heavy atom. The third kappa shape index (κ3) is 3.74. The highest BCUT2D eigenvalue weighted by atomic mass is 15.0. The monoisotopic (exact) mass is 265 g/mol. The molecule has 0 radical (unpaired) electrons. The van der Waals surface area contributed by atoms with Crippen molar-refractivity contribution in [3.8, 4) is 0 Å². The molecule has 0 amide bonds. The zero-order valence-electron chi connectivity index (χ0n) is 14.1. The van der Waals surface area contributed by atoms with E-state index >= 15 is 0 Å². The predicted octanol–water partition coefficient (Wildman–Crippen LogP) is 5.01. The molecule has 1 heteroatoms. The Morgan fingerprint density at radius 1 is 0.947 bits per heavy atom. The fourth-order valence-electron chi connectivity index (χ4n) is 4.76. The molecule has 2 aliphatic rings. The topological polar surface area (TPSA) is 12.0 Å². The first-order chi connectivity index (χ1) is 8.69. The van der Waals surface area contributed by atoms with Gasteiger partial charge in [0.25, 0.3) is 0 Å². The molecule has 4 unspecified atom stereocenters. The summed E-state index contributed by atoms with van der Waals surface area (Å²) in [5, 5.41) is 4.08. The van der Waals surface area contributed by atoms with E-state index < -0.39 is 0 Å². The molecule has 0 saturated heterocycles. The van der Waals surface area contributed by atoms with Crippen molar-refractivity contribution in [2.75, 3.05) is 0 Å². The van der Waals surface area contributed by atoms with Crippen molar-refractivity contribution < 1.29 is 0 Å². The third-order valence-corrected chi connectivity index (χ3v) is 5.64. The summed E-state index contributed by atoms with van der Waals surface area (Å²) in [6.45, 7) is 14.6. The van der Waals surface area contributed by atoms with E-state index in [9.17, 15) is 0 Å². The average Bonchev–Trinajstić information content (AvgIpc) is 2.51. The van der Waals surface area contributed by atoms with Crippen LogP contribution >= 0.6 is 0 Å². The summed E-state index contributed by atoms with van der Waals surface area (Å²) in [4.78, 5) is 0. The molecule has 0 aromatic carbocycles. The molecule has 19 heavy (non-hydrogen) atoms. The van der Waals surface area contributed by atoms with Crippen molar-refractivity contribution in [1.82, 2.24) is 5.32 Å². The summed E-state index contributed by atoms with van der Waals surface area (Å²) in [5.41, 5.74) is 0.998. The van der Waals surface area contributed by atoms with Gasteiger partial charge in [0.05, 0.1) is 0 Å². The second kappa shape index (κ2) is 5.39. The molecule has 2 rings (SSSR count). The number of hydrogen-bond donors (Lipinski definition) is 1. The van der Waals surface area contributed by atoms with Gasteiger partial charge in [-0.05, 0) is 48.3 Å². The number of hydrogen-bond acceptors (Lipinski definition) is 1. The SMILES string of the molecule is CC1CC(C)(C)CC1NC1CCCCC1C(C)(C)C. The summed E-state index contributed by atoms with van der Waals surface area (Å²) < 4.78 is 0. The highest BCUT2D eigenvalue weighted by Gasteiger charge is 2.40. The minimum absolute atomic E-state index is 0.454. The van der Waals surface area contributed by atoms with Gasteiger partial charge < -0.3 is 5.32 Å². The standard InChI is InChI=1S/C18H35N/c1-13-11-18(5,6)12-16(13)19-15-10-8-7-9-14(15)17(2,3)4/h13-16,19H,7-12H2,1-6H3. The van der Waals surface area contributed by atoms with Crippen molar-refractivity contribution in [3.05, 3.63) is 0 Å². The van der Waals surface area contributed by atoms with Gasteiger partial charge in [-0.15, -0.1) is 0 Å². The van der Waals surface area contributed by atoms with E-state index in [1.165, 1.54) is 38.5 Å². The van der Waals surface area contributed by atoms with Crippen LogP contribution in [0.4, 0.5) is 0 Å². The molecule has 2 fully saturated rings. The van der Waals surface area contributed by atoms with Crippen LogP contribution in [-0.4, -0.2) is 12.1 Å². The Kier molecular flexibility index (Phi) is 4.35. The van der Waals surface area contributed by atoms with E-state index in [1.807, 2.05) is 0 Å². The van der Waals surface area contributed by atoms with Crippen LogP contribution in [0.1, 0.15) is 80.1 Å². The van der Waals surface area contributed by atoms with E-state index in [4.69, 9.17) is 0 Å². The highest BCUT2D eigenvalue weighted by Crippen LogP contribution is 2.43. The summed E-state index contributed by atoms with van der Waals surface area (Å²) >= 11 is 0. The molecule has 0 heterocycles. The maximum absolute atomic E-state index is 4.08. The summed E-state index contributed by atoms with van der Waals surface area (Å²) in [6, 6.07) is 1.51. The first-order valence-electron chi connectivity index (χ1n) is 8.45. The van der Waals surface area contributed by atoms with Gasteiger partial charge in [0.2, 0.25) is 0 Å². The van der Waals surface area contributed by atoms with Crippen molar-refractivity contribution in [2.24, 2.45) is 22.7 Å². The lowest BCUT2D eigenvalue weighted by Crippen LogP contribution is -2.49. The Balaban J connectivity index is 2.00. The second-order valence-corrected chi connectivity index (χ2v) is 9.19. The highest BCUT2D eigenvalue weighted by molar-refractivity contribution is 4.96. The lowest BCUT2D eigenvalue weighted by molar-refractivity contribution is 0.118. The maximum atomic E-state index is 4.08. The molecule has 0 bridgehead atoms. The van der Waals surface area contributed by atoms with Crippen LogP contribution in [0.2, 0.25) is 0 Å². The van der Waals surface area contributed by atoms with Gasteiger partial charge in [-0.1, -0.05) is 54.4 Å². The Morgan fingerprint density at radius 2 is 1.58 bits per heavy atom. The first kappa shape index (κ1) is 15.4. The number of nitrogens with one attached hydrogen (secondary N) is 1. The molecule has 4 atom stereocenters. The van der Waals surface area contributed by atoms with Crippen LogP contribution in [0.3, 0.4) is 0 Å². The Bertz CT molecular complexity index is 299. The van der Waals surface area contributed by atoms with Gasteiger partial charge in [-0.2, -0.15) is 0 Å². The molecular weight excluding hydrogens is 230 g/mol. The first-order valence-corrected chi connectivity index (χ1v) is 8.45. The molecule has 2 saturated carbocycles. The van der Waals surface area contributed by atoms with Crippen LogP contribution in [0.25, 0.3) is 0 Å². The lowest BCUT2D eigenvalue weighted by atomic mass is 9.69. The molecule has 1 N–H and O–H groups in total. The smallest absolute Gasteiger partial charge is 0.0103 e. The Hall–Kier alpha value is -0.0400. The molecule has 2 aliphatic carbocycles. The fraction of sp³-hybridized carbons (Fsp3) is 1.00. The minimum Gasteiger partial charge on any atom is -0.311 e. The zero-order chi connectivity index (χ0) is 14.3. The molecule has 0 aromatic heterocycles. The van der Waals surface area contributed by atoms with Crippen molar-refractivity contribution in [1.29, 1.82) is 0 Å². The van der Waals surface area contributed by atoms with E-state index in [1.54, 1.807) is 0 Å². The van der Waals surface area contributed by atoms with Gasteiger partial charge in [0.1, 0.15) is 0 Å². The minimum atomic E-state index is 0.454. The normalized spacial score (nSPS) is 39.5. The van der Waals surface area contributed by atoms with Gasteiger partial charge in [-0.3, -0.25) is 0 Å². The largest absolute Gasteiger partial charge is 0.311 e. The fourth-order valence-corrected chi connectivity index (χ4v) is 4.76. The second-order valence-electron chi connectivity index (χ2n) is 9.19. The maximum Gasteiger partial charge on any atom is 0.0103 e. The van der Waals surface area contributed by atoms with Crippen LogP contribution in [0.5, 0.6) is 0 Å². The van der Waals surface area contributed by atoms with Crippen LogP contribution in [-0.2, 0) is 0 Å². The molecular formula is C18H35N. The van der Waals surface area contributed by atoms with Crippen LogP contribution in [0.15, 0.2) is 0 Å². The van der Waals surface area contributed by atoms with E-state index in [0.717, 1.165) is 23.9 Å². The molecule has 0 spiro atoms. The van der Waals surface area contributed by atoms with E-state index in [2.05, 4.69) is 46.9 Å². The van der Waals surface area contributed by atoms with Crippen LogP contribution < -0.4 is 5.32 Å². The average molecular weight is 265 g/mol. The number of rotatable bonds is 2. The summed E-state index contributed by atoms with van der Waals surface area (Å²) in [5.74, 6) is 1.70. The third-order valence-electron chi connectivity index (χ3n) is 5.64. The molecule has 1 nitrogen and oxygen atoms in total. The van der Waals surface area contributed by atoms with Crippen molar-refractivity contribution >= 4 is 0 Å². The summed E-state index contributed by atoms with van der Waals surface area (Å²) in [7, 11) is 0. The van der Waals surface area contributed by atoms with Crippen molar-refractivity contribution in [3.63, 3.8) is 0 Å². The molecule has 0 aromatic rings. The Labute approximate surface area is 120 Å². The van der Waals surface area contributed by atoms with Gasteiger partial charge in [0, 0.05) is 12.1 Å². The summed E-state index contributed by atoms with van der Waals surface area (Å²) in [6.07, 6.45) is 8.43.